The molecular weight excluding hydrogens is 254 g/mol. The fraction of sp³-hybridized carbons (Fsp3) is 0.667. The normalized spacial score (nSPS) is 11.5. The minimum Gasteiger partial charge on any atom is -0.369 e. The molecule has 17 heavy (non-hydrogen) atoms. The lowest BCUT2D eigenvalue weighted by molar-refractivity contribution is 0.355. The number of thioether (sulfide) groups is 1. The van der Waals surface area contributed by atoms with E-state index >= 15 is 0 Å². The Bertz CT molecular complexity index is 344. The highest BCUT2D eigenvalue weighted by Crippen LogP contribution is 2.23. The number of halogens is 1. The van der Waals surface area contributed by atoms with Crippen molar-refractivity contribution in [1.29, 1.82) is 0 Å². The molecule has 0 radical (unpaired) electrons. The van der Waals surface area contributed by atoms with Crippen LogP contribution in [0.15, 0.2) is 17.4 Å². The number of nitrogens with one attached hydrogen (secondary N) is 1. The molecular formula is C12H20ClN3S. The van der Waals surface area contributed by atoms with Crippen molar-refractivity contribution in [3.05, 3.63) is 12.4 Å². The van der Waals surface area contributed by atoms with Gasteiger partial charge in [0.05, 0.1) is 0 Å². The minimum atomic E-state index is 0.235. The van der Waals surface area contributed by atoms with Gasteiger partial charge in [-0.25, -0.2) is 9.97 Å². The van der Waals surface area contributed by atoms with Crippen LogP contribution < -0.4 is 5.32 Å². The lowest BCUT2D eigenvalue weighted by Crippen LogP contribution is -2.23. The van der Waals surface area contributed by atoms with Crippen molar-refractivity contribution in [2.75, 3.05) is 24.0 Å². The van der Waals surface area contributed by atoms with Gasteiger partial charge in [0, 0.05) is 18.5 Å². The third-order valence-electron chi connectivity index (χ3n) is 2.59. The minimum absolute atomic E-state index is 0.235. The number of alkyl halides is 1. The average Bonchev–Trinajstić information content (AvgIpc) is 2.34. The monoisotopic (exact) mass is 273 g/mol. The maximum absolute atomic E-state index is 5.72. The quantitative estimate of drug-likeness (QED) is 0.467. The van der Waals surface area contributed by atoms with Crippen molar-refractivity contribution in [3.63, 3.8) is 0 Å². The van der Waals surface area contributed by atoms with Crippen molar-refractivity contribution >= 4 is 29.2 Å². The van der Waals surface area contributed by atoms with E-state index in [1.807, 2.05) is 12.3 Å². The summed E-state index contributed by atoms with van der Waals surface area (Å²) in [5.41, 5.74) is 0.235. The first-order valence-electron chi connectivity index (χ1n) is 5.73. The zero-order chi connectivity index (χ0) is 12.7. The van der Waals surface area contributed by atoms with E-state index in [0.29, 0.717) is 0 Å². The van der Waals surface area contributed by atoms with Crippen molar-refractivity contribution in [1.82, 2.24) is 9.97 Å². The second-order valence-corrected chi connectivity index (χ2v) is 5.96. The molecule has 1 N–H and O–H groups in total. The molecule has 1 aromatic heterocycles. The van der Waals surface area contributed by atoms with E-state index in [4.69, 9.17) is 11.6 Å². The van der Waals surface area contributed by atoms with Gasteiger partial charge >= 0.3 is 0 Å². The van der Waals surface area contributed by atoms with Crippen LogP contribution in [0.3, 0.4) is 0 Å². The molecule has 0 saturated heterocycles. The van der Waals surface area contributed by atoms with Crippen molar-refractivity contribution < 1.29 is 0 Å². The predicted molar refractivity (Wildman–Crippen MR) is 76.0 cm³/mol. The molecule has 0 unspecified atom stereocenters. The van der Waals surface area contributed by atoms with Gasteiger partial charge < -0.3 is 5.32 Å². The molecule has 0 amide bonds. The molecule has 0 spiro atoms. The van der Waals surface area contributed by atoms with Gasteiger partial charge in [0.1, 0.15) is 17.2 Å². The highest BCUT2D eigenvalue weighted by molar-refractivity contribution is 7.98. The van der Waals surface area contributed by atoms with Gasteiger partial charge in [0.15, 0.2) is 0 Å². The first-order chi connectivity index (χ1) is 8.07. The summed E-state index contributed by atoms with van der Waals surface area (Å²) in [6.07, 6.45) is 5.77. The van der Waals surface area contributed by atoms with E-state index in [1.165, 1.54) is 0 Å². The molecule has 0 atom stereocenters. The average molecular weight is 274 g/mol. The number of nitrogens with zero attached hydrogens (tertiary/aromatic N) is 2. The van der Waals surface area contributed by atoms with Gasteiger partial charge in [0.2, 0.25) is 0 Å². The van der Waals surface area contributed by atoms with Crippen molar-refractivity contribution in [2.24, 2.45) is 5.41 Å². The summed E-state index contributed by atoms with van der Waals surface area (Å²) in [5.74, 6) is 1.62. The van der Waals surface area contributed by atoms with Crippen LogP contribution in [0.4, 0.5) is 5.82 Å². The van der Waals surface area contributed by atoms with E-state index in [2.05, 4.69) is 29.1 Å². The standard InChI is InChI=1S/C12H20ClN3S/c1-12(2,5-4-6-13)8-14-10-7-11(17-3)16-9-15-10/h7,9H,4-6,8H2,1-3H3,(H,14,15,16). The molecule has 1 aromatic rings. The van der Waals surface area contributed by atoms with Gasteiger partial charge in [-0.2, -0.15) is 0 Å². The maximum Gasteiger partial charge on any atom is 0.130 e. The highest BCUT2D eigenvalue weighted by atomic mass is 35.5. The Morgan fingerprint density at radius 2 is 2.18 bits per heavy atom. The Morgan fingerprint density at radius 1 is 1.41 bits per heavy atom. The maximum atomic E-state index is 5.72. The largest absolute Gasteiger partial charge is 0.369 e. The summed E-state index contributed by atoms with van der Waals surface area (Å²) >= 11 is 7.34. The second-order valence-electron chi connectivity index (χ2n) is 4.76. The van der Waals surface area contributed by atoms with Crippen LogP contribution in [0, 0.1) is 5.41 Å². The van der Waals surface area contributed by atoms with E-state index in [-0.39, 0.29) is 5.41 Å². The first kappa shape index (κ1) is 14.6. The number of rotatable bonds is 7. The smallest absolute Gasteiger partial charge is 0.130 e. The van der Waals surface area contributed by atoms with Gasteiger partial charge in [-0.3, -0.25) is 0 Å². The zero-order valence-electron chi connectivity index (χ0n) is 10.7. The lowest BCUT2D eigenvalue weighted by atomic mass is 9.88. The zero-order valence-corrected chi connectivity index (χ0v) is 12.2. The molecule has 1 heterocycles. The summed E-state index contributed by atoms with van der Waals surface area (Å²) in [4.78, 5) is 8.36. The van der Waals surface area contributed by atoms with Gasteiger partial charge in [-0.15, -0.1) is 23.4 Å². The Hall–Kier alpha value is -0.480. The summed E-state index contributed by atoms with van der Waals surface area (Å²) < 4.78 is 0. The van der Waals surface area contributed by atoms with Crippen LogP contribution in [0.25, 0.3) is 0 Å². The number of aromatic nitrogens is 2. The molecule has 96 valence electrons. The van der Waals surface area contributed by atoms with Gasteiger partial charge in [-0.05, 0) is 24.5 Å². The van der Waals surface area contributed by atoms with E-state index in [1.54, 1.807) is 18.1 Å². The van der Waals surface area contributed by atoms with E-state index < -0.39 is 0 Å². The Morgan fingerprint density at radius 3 is 2.82 bits per heavy atom. The highest BCUT2D eigenvalue weighted by Gasteiger charge is 2.17. The Labute approximate surface area is 113 Å². The molecule has 0 aromatic carbocycles. The van der Waals surface area contributed by atoms with Crippen LogP contribution in [-0.4, -0.2) is 28.6 Å². The third-order valence-corrected chi connectivity index (χ3v) is 3.50. The fourth-order valence-corrected chi connectivity index (χ4v) is 2.03. The van der Waals surface area contributed by atoms with Crippen molar-refractivity contribution in [3.8, 4) is 0 Å². The molecule has 0 aliphatic heterocycles. The van der Waals surface area contributed by atoms with Crippen LogP contribution in [0.5, 0.6) is 0 Å². The molecule has 5 heteroatoms. The number of anilines is 1. The van der Waals surface area contributed by atoms with Crippen LogP contribution >= 0.6 is 23.4 Å². The summed E-state index contributed by atoms with van der Waals surface area (Å²) in [6.45, 7) is 5.38. The van der Waals surface area contributed by atoms with Crippen LogP contribution in [0.1, 0.15) is 26.7 Å². The topological polar surface area (TPSA) is 37.8 Å². The molecule has 1 rings (SSSR count). The molecule has 3 nitrogen and oxygen atoms in total. The number of hydrogen-bond acceptors (Lipinski definition) is 4. The third kappa shape index (κ3) is 5.59. The van der Waals surface area contributed by atoms with Gasteiger partial charge in [0.25, 0.3) is 0 Å². The van der Waals surface area contributed by atoms with E-state index in [9.17, 15) is 0 Å². The molecule has 0 fully saturated rings. The SMILES string of the molecule is CSc1cc(NCC(C)(C)CCCCl)ncn1. The lowest BCUT2D eigenvalue weighted by Gasteiger charge is -2.24. The Kier molecular flexibility index (Phi) is 6.06. The summed E-state index contributed by atoms with van der Waals surface area (Å²) in [6, 6.07) is 1.97. The summed E-state index contributed by atoms with van der Waals surface area (Å²) in [5, 5.41) is 4.35. The summed E-state index contributed by atoms with van der Waals surface area (Å²) in [7, 11) is 0. The van der Waals surface area contributed by atoms with Crippen molar-refractivity contribution in [2.45, 2.75) is 31.7 Å². The molecule has 0 aliphatic rings. The number of hydrogen-bond donors (Lipinski definition) is 1. The second kappa shape index (κ2) is 7.07. The van der Waals surface area contributed by atoms with Crippen LogP contribution in [0.2, 0.25) is 0 Å². The molecule has 0 saturated carbocycles. The molecule has 0 aliphatic carbocycles. The van der Waals surface area contributed by atoms with Crippen LogP contribution in [-0.2, 0) is 0 Å². The molecule has 0 bridgehead atoms. The van der Waals surface area contributed by atoms with E-state index in [0.717, 1.165) is 36.1 Å². The van der Waals surface area contributed by atoms with Gasteiger partial charge in [-0.1, -0.05) is 13.8 Å². The first-order valence-corrected chi connectivity index (χ1v) is 7.49. The fourth-order valence-electron chi connectivity index (χ4n) is 1.51. The predicted octanol–water partition coefficient (Wildman–Crippen LogP) is 3.66. The Balaban J connectivity index is 2.48.